The zero-order chi connectivity index (χ0) is 19.8. The van der Waals surface area contributed by atoms with E-state index >= 15 is 0 Å². The minimum atomic E-state index is -3.74. The lowest BCUT2D eigenvalue weighted by Crippen LogP contribution is -2.56. The van der Waals surface area contributed by atoms with Crippen LogP contribution in [0.1, 0.15) is 5.56 Å². The van der Waals surface area contributed by atoms with Crippen molar-refractivity contribution < 1.29 is 26.3 Å². The van der Waals surface area contributed by atoms with Gasteiger partial charge in [0.25, 0.3) is 0 Å². The highest BCUT2D eigenvalue weighted by molar-refractivity contribution is 7.92. The summed E-state index contributed by atoms with van der Waals surface area (Å²) < 4.78 is 62.2. The summed E-state index contributed by atoms with van der Waals surface area (Å²) in [5.41, 5.74) is 0.696. The molecule has 0 amide bonds. The van der Waals surface area contributed by atoms with E-state index in [1.54, 1.807) is 25.1 Å². The predicted octanol–water partition coefficient (Wildman–Crippen LogP) is 1.86. The van der Waals surface area contributed by atoms with Gasteiger partial charge in [0.2, 0.25) is 10.0 Å². The molecule has 2 aromatic carbocycles. The van der Waals surface area contributed by atoms with Crippen molar-refractivity contribution in [1.29, 1.82) is 0 Å². The quantitative estimate of drug-likeness (QED) is 0.721. The second-order valence-corrected chi connectivity index (χ2v) is 10.5. The van der Waals surface area contributed by atoms with Gasteiger partial charge in [-0.15, -0.1) is 0 Å². The average molecular weight is 412 g/mol. The van der Waals surface area contributed by atoms with Crippen LogP contribution in [0.5, 0.6) is 11.5 Å². The van der Waals surface area contributed by atoms with Crippen LogP contribution in [0.2, 0.25) is 0 Å². The minimum Gasteiger partial charge on any atom is -0.497 e. The summed E-state index contributed by atoms with van der Waals surface area (Å²) in [4.78, 5) is 0.284. The van der Waals surface area contributed by atoms with Crippen LogP contribution >= 0.6 is 0 Å². The molecule has 0 bridgehead atoms. The van der Waals surface area contributed by atoms with Gasteiger partial charge in [0, 0.05) is 13.1 Å². The molecule has 0 radical (unpaired) electrons. The van der Waals surface area contributed by atoms with E-state index in [4.69, 9.17) is 9.47 Å². The fraction of sp³-hybridized carbons (Fsp3) is 0.333. The topological polar surface area (TPSA) is 90.0 Å². The first-order chi connectivity index (χ1) is 12.7. The molecule has 0 N–H and O–H groups in total. The highest BCUT2D eigenvalue weighted by Gasteiger charge is 2.44. The Balaban J connectivity index is 1.76. The molecule has 0 aromatic heterocycles. The van der Waals surface area contributed by atoms with Crippen molar-refractivity contribution in [2.75, 3.05) is 27.3 Å². The van der Waals surface area contributed by atoms with Gasteiger partial charge in [-0.3, -0.25) is 0 Å². The number of methoxy groups -OCH3 is 2. The maximum absolute atomic E-state index is 12.7. The molecule has 1 aliphatic heterocycles. The summed E-state index contributed by atoms with van der Waals surface area (Å²) in [5, 5.41) is -0.764. The van der Waals surface area contributed by atoms with Crippen LogP contribution in [0.4, 0.5) is 0 Å². The first-order valence-electron chi connectivity index (χ1n) is 8.23. The Morgan fingerprint density at radius 3 is 2.00 bits per heavy atom. The Bertz CT molecular complexity index is 1040. The lowest BCUT2D eigenvalue weighted by Gasteiger charge is -2.37. The Labute approximate surface area is 159 Å². The Morgan fingerprint density at radius 1 is 0.889 bits per heavy atom. The molecule has 9 heteroatoms. The Morgan fingerprint density at radius 2 is 1.48 bits per heavy atom. The van der Waals surface area contributed by atoms with Crippen LogP contribution in [-0.4, -0.2) is 53.7 Å². The van der Waals surface area contributed by atoms with Crippen LogP contribution in [0, 0.1) is 6.92 Å². The molecule has 7 nitrogen and oxygen atoms in total. The summed E-state index contributed by atoms with van der Waals surface area (Å²) in [6.45, 7) is 1.62. The molecule has 0 spiro atoms. The van der Waals surface area contributed by atoms with Gasteiger partial charge in [-0.05, 0) is 55.0 Å². The number of hydrogen-bond donors (Lipinski definition) is 0. The van der Waals surface area contributed by atoms with E-state index < -0.39 is 25.1 Å². The van der Waals surface area contributed by atoms with Crippen LogP contribution in [0.3, 0.4) is 0 Å². The smallest absolute Gasteiger partial charge is 0.243 e. The van der Waals surface area contributed by atoms with Crippen LogP contribution in [0.15, 0.2) is 52.3 Å². The molecule has 2 aromatic rings. The van der Waals surface area contributed by atoms with Gasteiger partial charge in [-0.25, -0.2) is 16.8 Å². The van der Waals surface area contributed by atoms with E-state index in [2.05, 4.69) is 0 Å². The van der Waals surface area contributed by atoms with Crippen LogP contribution in [-0.2, 0) is 19.9 Å². The first kappa shape index (κ1) is 19.7. The maximum atomic E-state index is 12.7. The lowest BCUT2D eigenvalue weighted by molar-refractivity contribution is 0.309. The number of sulfonamides is 1. The monoisotopic (exact) mass is 411 g/mol. The molecular weight excluding hydrogens is 390 g/mol. The van der Waals surface area contributed by atoms with Gasteiger partial charge in [-0.2, -0.15) is 4.31 Å². The Kier molecular flexibility index (Phi) is 5.20. The van der Waals surface area contributed by atoms with E-state index in [1.807, 2.05) is 0 Å². The van der Waals surface area contributed by atoms with Gasteiger partial charge in [-0.1, -0.05) is 0 Å². The molecular formula is C18H21NO6S2. The van der Waals surface area contributed by atoms with Crippen LogP contribution in [0.25, 0.3) is 0 Å². The largest absolute Gasteiger partial charge is 0.497 e. The summed E-state index contributed by atoms with van der Waals surface area (Å²) in [6.07, 6.45) is 0. The summed E-state index contributed by atoms with van der Waals surface area (Å²) in [5.74, 6) is 1.15. The third kappa shape index (κ3) is 3.54. The number of hydrogen-bond acceptors (Lipinski definition) is 6. The van der Waals surface area contributed by atoms with Crippen LogP contribution < -0.4 is 9.47 Å². The second kappa shape index (κ2) is 7.14. The summed E-state index contributed by atoms with van der Waals surface area (Å²) >= 11 is 0. The zero-order valence-corrected chi connectivity index (χ0v) is 16.9. The molecule has 3 rings (SSSR count). The zero-order valence-electron chi connectivity index (χ0n) is 15.2. The molecule has 0 unspecified atom stereocenters. The van der Waals surface area contributed by atoms with E-state index in [0.717, 1.165) is 0 Å². The van der Waals surface area contributed by atoms with Crippen molar-refractivity contribution in [3.8, 4) is 11.5 Å². The van der Waals surface area contributed by atoms with Crippen molar-refractivity contribution in [3.63, 3.8) is 0 Å². The van der Waals surface area contributed by atoms with Crippen molar-refractivity contribution in [1.82, 2.24) is 4.31 Å². The highest BCUT2D eigenvalue weighted by atomic mass is 32.2. The van der Waals surface area contributed by atoms with Crippen molar-refractivity contribution in [2.45, 2.75) is 22.0 Å². The van der Waals surface area contributed by atoms with Gasteiger partial charge in [0.1, 0.15) is 11.5 Å². The SMILES string of the molecule is COc1ccc(S(=O)(=O)C2CN(S(=O)(=O)c3ccc(OC)c(C)c3)C2)cc1. The number of benzene rings is 2. The van der Waals surface area contributed by atoms with Gasteiger partial charge < -0.3 is 9.47 Å². The third-order valence-electron chi connectivity index (χ3n) is 4.65. The van der Waals surface area contributed by atoms with Gasteiger partial charge >= 0.3 is 0 Å². The molecule has 1 heterocycles. The van der Waals surface area contributed by atoms with Crippen molar-refractivity contribution in [2.24, 2.45) is 0 Å². The van der Waals surface area contributed by atoms with Gasteiger partial charge in [0.05, 0.1) is 29.3 Å². The fourth-order valence-electron chi connectivity index (χ4n) is 2.91. The molecule has 1 saturated heterocycles. The molecule has 0 aliphatic carbocycles. The maximum Gasteiger partial charge on any atom is 0.243 e. The molecule has 1 aliphatic rings. The third-order valence-corrected chi connectivity index (χ3v) is 8.58. The summed E-state index contributed by atoms with van der Waals surface area (Å²) in [7, 11) is -4.33. The van der Waals surface area contributed by atoms with E-state index in [0.29, 0.717) is 17.1 Å². The normalized spacial score (nSPS) is 16.0. The lowest BCUT2D eigenvalue weighted by atomic mass is 10.2. The molecule has 146 valence electrons. The number of nitrogens with zero attached hydrogens (tertiary/aromatic N) is 1. The second-order valence-electron chi connectivity index (χ2n) is 6.30. The number of aryl methyl sites for hydroxylation is 1. The average Bonchev–Trinajstić information content (AvgIpc) is 2.59. The van der Waals surface area contributed by atoms with E-state index in [9.17, 15) is 16.8 Å². The summed E-state index contributed by atoms with van der Waals surface area (Å²) in [6, 6.07) is 10.7. The molecule has 27 heavy (non-hydrogen) atoms. The van der Waals surface area contributed by atoms with E-state index in [-0.39, 0.29) is 22.9 Å². The number of ether oxygens (including phenoxy) is 2. The van der Waals surface area contributed by atoms with E-state index in [1.165, 1.54) is 42.8 Å². The molecule has 0 atom stereocenters. The highest BCUT2D eigenvalue weighted by Crippen LogP contribution is 2.31. The standard InChI is InChI=1S/C18H21NO6S2/c1-13-10-16(8-9-18(13)25-3)27(22,23)19-11-17(12-19)26(20,21)15-6-4-14(24-2)5-7-15/h4-10,17H,11-12H2,1-3H3. The fourth-order valence-corrected chi connectivity index (χ4v) is 6.37. The minimum absolute atomic E-state index is 0.0677. The van der Waals surface area contributed by atoms with Gasteiger partial charge in [0.15, 0.2) is 9.84 Å². The predicted molar refractivity (Wildman–Crippen MR) is 100 cm³/mol. The first-order valence-corrected chi connectivity index (χ1v) is 11.2. The molecule has 0 saturated carbocycles. The number of sulfone groups is 1. The number of rotatable bonds is 6. The molecule has 1 fully saturated rings. The van der Waals surface area contributed by atoms with Crippen molar-refractivity contribution in [3.05, 3.63) is 48.0 Å². The van der Waals surface area contributed by atoms with Crippen molar-refractivity contribution >= 4 is 19.9 Å². The Hall–Kier alpha value is -2.10.